The van der Waals surface area contributed by atoms with Crippen molar-refractivity contribution in [1.29, 1.82) is 5.41 Å². The number of sulfonamides is 1. The van der Waals surface area contributed by atoms with Gasteiger partial charge in [-0.05, 0) is 67.6 Å². The molecule has 0 amide bonds. The maximum atomic E-state index is 13.1. The lowest BCUT2D eigenvalue weighted by molar-refractivity contribution is -0.138. The second-order valence-electron chi connectivity index (χ2n) is 7.90. The Hall–Kier alpha value is -3.35. The molecule has 0 aliphatic heterocycles. The number of aryl methyl sites for hydroxylation is 1. The fourth-order valence-electron chi connectivity index (χ4n) is 3.48. The number of carboxylic acids is 1. The molecule has 1 atom stereocenters. The van der Waals surface area contributed by atoms with Crippen LogP contribution in [0.4, 0.5) is 0 Å². The molecular formula is C23H32N4O7S. The third kappa shape index (κ3) is 7.84. The van der Waals surface area contributed by atoms with Gasteiger partial charge in [-0.1, -0.05) is 12.1 Å². The Balaban J connectivity index is 2.06. The van der Waals surface area contributed by atoms with Crippen molar-refractivity contribution in [2.45, 2.75) is 44.6 Å². The summed E-state index contributed by atoms with van der Waals surface area (Å²) in [7, 11) is -2.61. The molecule has 0 bridgehead atoms. The molecule has 0 saturated carbocycles. The zero-order valence-corrected chi connectivity index (χ0v) is 21.0. The fraction of sp³-hybridized carbons (Fsp3) is 0.391. The van der Waals surface area contributed by atoms with Gasteiger partial charge >= 0.3 is 5.97 Å². The van der Waals surface area contributed by atoms with E-state index in [1.807, 2.05) is 0 Å². The van der Waals surface area contributed by atoms with Crippen LogP contribution in [0, 0.1) is 26.2 Å². The van der Waals surface area contributed by atoms with Crippen molar-refractivity contribution in [1.82, 2.24) is 10.2 Å². The molecule has 192 valence electrons. The van der Waals surface area contributed by atoms with Crippen molar-refractivity contribution in [3.63, 3.8) is 0 Å². The molecular weight excluding hydrogens is 476 g/mol. The zero-order chi connectivity index (χ0) is 26.2. The van der Waals surface area contributed by atoms with Gasteiger partial charge in [-0.3, -0.25) is 15.0 Å². The molecule has 2 rings (SSSR count). The summed E-state index contributed by atoms with van der Waals surface area (Å²) in [4.78, 5) is 16.9. The number of methoxy groups -OCH3 is 1. The molecule has 0 aliphatic carbocycles. The Kier molecular flexibility index (Phi) is 9.87. The van der Waals surface area contributed by atoms with Crippen molar-refractivity contribution in [2.24, 2.45) is 5.73 Å². The molecule has 2 aromatic carbocycles. The fourth-order valence-corrected chi connectivity index (χ4v) is 5.20. The minimum absolute atomic E-state index is 0.0490. The molecule has 0 heterocycles. The van der Waals surface area contributed by atoms with Gasteiger partial charge in [0.25, 0.3) is 0 Å². The van der Waals surface area contributed by atoms with Crippen molar-refractivity contribution < 1.29 is 32.6 Å². The molecule has 6 N–H and O–H groups in total. The number of nitrogens with two attached hydrogens (primary N) is 1. The summed E-state index contributed by atoms with van der Waals surface area (Å²) in [5, 5.41) is 16.7. The normalized spacial score (nSPS) is 12.1. The van der Waals surface area contributed by atoms with Crippen molar-refractivity contribution >= 4 is 22.0 Å². The highest BCUT2D eigenvalue weighted by Gasteiger charge is 2.29. The first-order valence-electron chi connectivity index (χ1n) is 10.8. The number of hydrogen-bond acceptors (Lipinski definition) is 7. The first kappa shape index (κ1) is 27.9. The van der Waals surface area contributed by atoms with Crippen molar-refractivity contribution in [2.75, 3.05) is 20.3 Å². The van der Waals surface area contributed by atoms with Gasteiger partial charge in [0.2, 0.25) is 16.0 Å². The summed E-state index contributed by atoms with van der Waals surface area (Å²) in [6.07, 6.45) is 0.501. The number of hydrogen-bond donors (Lipinski definition) is 5. The van der Waals surface area contributed by atoms with Gasteiger partial charge in [-0.2, -0.15) is 4.72 Å². The molecule has 0 unspecified atom stereocenters. The second kappa shape index (κ2) is 12.4. The number of hydroxylamine groups is 1. The Morgan fingerprint density at radius 3 is 2.37 bits per heavy atom. The van der Waals surface area contributed by atoms with Crippen LogP contribution < -0.4 is 25.4 Å². The Bertz CT molecular complexity index is 1150. The van der Waals surface area contributed by atoms with Crippen LogP contribution in [0.2, 0.25) is 0 Å². The van der Waals surface area contributed by atoms with E-state index in [-0.39, 0.29) is 17.3 Å². The van der Waals surface area contributed by atoms with E-state index in [0.29, 0.717) is 53.4 Å². The highest BCUT2D eigenvalue weighted by Crippen LogP contribution is 2.30. The summed E-state index contributed by atoms with van der Waals surface area (Å²) in [6, 6.07) is 6.98. The first-order valence-corrected chi connectivity index (χ1v) is 12.3. The van der Waals surface area contributed by atoms with Gasteiger partial charge < -0.3 is 20.3 Å². The summed E-state index contributed by atoms with van der Waals surface area (Å²) < 4.78 is 39.5. The smallest absolute Gasteiger partial charge is 0.322 e. The summed E-state index contributed by atoms with van der Waals surface area (Å²) >= 11 is 0. The van der Waals surface area contributed by atoms with E-state index in [0.717, 1.165) is 0 Å². The van der Waals surface area contributed by atoms with Crippen LogP contribution in [0.1, 0.15) is 28.7 Å². The van der Waals surface area contributed by atoms with E-state index in [9.17, 15) is 18.3 Å². The van der Waals surface area contributed by atoms with Crippen LogP contribution >= 0.6 is 0 Å². The van der Waals surface area contributed by atoms with Gasteiger partial charge in [0, 0.05) is 6.42 Å². The Morgan fingerprint density at radius 2 is 1.80 bits per heavy atom. The minimum atomic E-state index is -4.12. The highest BCUT2D eigenvalue weighted by atomic mass is 32.2. The number of ether oxygens (including phenoxy) is 2. The predicted octanol–water partition coefficient (Wildman–Crippen LogP) is 1.78. The lowest BCUT2D eigenvalue weighted by Gasteiger charge is -2.19. The van der Waals surface area contributed by atoms with Crippen LogP contribution in [0.15, 0.2) is 35.2 Å². The molecule has 35 heavy (non-hydrogen) atoms. The Morgan fingerprint density at radius 1 is 1.14 bits per heavy atom. The van der Waals surface area contributed by atoms with E-state index >= 15 is 0 Å². The first-order chi connectivity index (χ1) is 16.5. The largest absolute Gasteiger partial charge is 0.496 e. The summed E-state index contributed by atoms with van der Waals surface area (Å²) in [5.74, 6) is -0.432. The lowest BCUT2D eigenvalue weighted by atomic mass is 10.1. The molecule has 12 heteroatoms. The average molecular weight is 509 g/mol. The number of carbonyl (C=O) groups is 1. The minimum Gasteiger partial charge on any atom is -0.496 e. The van der Waals surface area contributed by atoms with Crippen LogP contribution in [-0.2, 0) is 26.1 Å². The van der Waals surface area contributed by atoms with Gasteiger partial charge in [0.1, 0.15) is 17.5 Å². The van der Waals surface area contributed by atoms with E-state index in [1.54, 1.807) is 51.1 Å². The highest BCUT2D eigenvalue weighted by molar-refractivity contribution is 7.89. The molecule has 0 aromatic heterocycles. The third-order valence-electron chi connectivity index (χ3n) is 5.27. The second-order valence-corrected chi connectivity index (χ2v) is 9.55. The topological polar surface area (TPSA) is 173 Å². The number of nitrogens with one attached hydrogen (secondary N) is 3. The van der Waals surface area contributed by atoms with Crippen LogP contribution in [0.5, 0.6) is 11.5 Å². The van der Waals surface area contributed by atoms with Crippen LogP contribution in [0.25, 0.3) is 0 Å². The number of benzene rings is 2. The Labute approximate surface area is 205 Å². The maximum absolute atomic E-state index is 13.1. The van der Waals surface area contributed by atoms with Crippen molar-refractivity contribution in [3.8, 4) is 11.5 Å². The summed E-state index contributed by atoms with van der Waals surface area (Å²) in [5.41, 5.74) is 9.58. The molecule has 0 spiro atoms. The number of rotatable bonds is 13. The van der Waals surface area contributed by atoms with Crippen molar-refractivity contribution in [3.05, 3.63) is 52.6 Å². The lowest BCUT2D eigenvalue weighted by Crippen LogP contribution is -2.42. The monoisotopic (exact) mass is 508 g/mol. The number of guanidine groups is 1. The molecule has 11 nitrogen and oxygen atoms in total. The third-order valence-corrected chi connectivity index (χ3v) is 7.03. The average Bonchev–Trinajstić information content (AvgIpc) is 2.78. The molecule has 2 aromatic rings. The number of aliphatic carboxylic acids is 1. The van der Waals surface area contributed by atoms with E-state index in [2.05, 4.69) is 10.2 Å². The summed E-state index contributed by atoms with van der Waals surface area (Å²) in [6.45, 7) is 5.71. The molecule has 0 radical (unpaired) electrons. The number of carboxylic acid groups (broad SMARTS) is 1. The van der Waals surface area contributed by atoms with E-state index in [1.165, 1.54) is 7.11 Å². The quantitative estimate of drug-likeness (QED) is 0.117. The van der Waals surface area contributed by atoms with Crippen LogP contribution in [0.3, 0.4) is 0 Å². The van der Waals surface area contributed by atoms with E-state index in [4.69, 9.17) is 25.5 Å². The SMILES string of the molecule is COc1cc(C)c(S(=O)(=O)N[C@@H](Cc2ccc(OCCCONC(=N)N)cc2)C(=O)O)c(C)c1C. The predicted molar refractivity (Wildman–Crippen MR) is 130 cm³/mol. The zero-order valence-electron chi connectivity index (χ0n) is 20.2. The van der Waals surface area contributed by atoms with E-state index < -0.39 is 22.0 Å². The molecule has 0 fully saturated rings. The van der Waals surface area contributed by atoms with Gasteiger partial charge in [-0.15, -0.1) is 0 Å². The standard InChI is InChI=1S/C23H32N4O7S/c1-14-12-20(32-4)15(2)16(3)21(14)35(30,31)27-19(22(28)29)13-17-6-8-18(9-7-17)33-10-5-11-34-26-23(24)25/h6-9,12,19,27H,5,10-11,13H2,1-4H3,(H,28,29)(H4,24,25,26)/t19-/m0/s1. The van der Waals surface area contributed by atoms with Crippen LogP contribution in [-0.4, -0.2) is 51.8 Å². The van der Waals surface area contributed by atoms with Gasteiger partial charge in [0.15, 0.2) is 0 Å². The van der Waals surface area contributed by atoms with Gasteiger partial charge in [-0.25, -0.2) is 13.9 Å². The molecule has 0 saturated heterocycles. The maximum Gasteiger partial charge on any atom is 0.322 e. The molecule has 0 aliphatic rings. The van der Waals surface area contributed by atoms with Gasteiger partial charge in [0.05, 0.1) is 25.2 Å².